The lowest BCUT2D eigenvalue weighted by Crippen LogP contribution is -2.12. The van der Waals surface area contributed by atoms with Crippen molar-refractivity contribution < 1.29 is 31.5 Å². The van der Waals surface area contributed by atoms with Crippen LogP contribution in [-0.4, -0.2) is 5.97 Å². The number of hydrogen-bond donors (Lipinski definition) is 0. The summed E-state index contributed by atoms with van der Waals surface area (Å²) in [6.07, 6.45) is 0. The first-order chi connectivity index (χ1) is 9.32. The average molecular weight is 329 g/mol. The number of hydrogen-bond acceptors (Lipinski definition) is 3. The van der Waals surface area contributed by atoms with Gasteiger partial charge in [0.2, 0.25) is 34.8 Å². The maximum Gasteiger partial charge on any atom is 0.353 e. The van der Waals surface area contributed by atoms with Crippen molar-refractivity contribution in [1.82, 2.24) is 0 Å². The molecule has 0 unspecified atom stereocenters. The molecule has 1 aromatic carbocycles. The number of benzene rings is 1. The van der Waals surface area contributed by atoms with Gasteiger partial charge in [-0.3, -0.25) is 0 Å². The van der Waals surface area contributed by atoms with Gasteiger partial charge in [-0.1, -0.05) is 11.6 Å². The van der Waals surface area contributed by atoms with E-state index in [9.17, 15) is 26.7 Å². The van der Waals surface area contributed by atoms with E-state index in [1.54, 1.807) is 0 Å². The van der Waals surface area contributed by atoms with E-state index in [2.05, 4.69) is 4.74 Å². The van der Waals surface area contributed by atoms with Gasteiger partial charge in [-0.2, -0.15) is 8.78 Å². The Bertz CT molecular complexity index is 671. The lowest BCUT2D eigenvalue weighted by Gasteiger charge is -2.07. The summed E-state index contributed by atoms with van der Waals surface area (Å²) in [7, 11) is 0. The SMILES string of the molecule is O=C(Oc1c(F)c(F)c(F)c(F)c1F)c1ccc(Cl)s1. The predicted octanol–water partition coefficient (Wildman–Crippen LogP) is 4.32. The Morgan fingerprint density at radius 2 is 1.45 bits per heavy atom. The van der Waals surface area contributed by atoms with E-state index in [0.29, 0.717) is 0 Å². The van der Waals surface area contributed by atoms with Gasteiger partial charge in [-0.05, 0) is 12.1 Å². The van der Waals surface area contributed by atoms with Crippen molar-refractivity contribution in [3.63, 3.8) is 0 Å². The molecule has 0 spiro atoms. The van der Waals surface area contributed by atoms with Crippen LogP contribution in [0.5, 0.6) is 5.75 Å². The van der Waals surface area contributed by atoms with Crippen LogP contribution in [0.3, 0.4) is 0 Å². The summed E-state index contributed by atoms with van der Waals surface area (Å²) >= 11 is 6.26. The minimum Gasteiger partial charge on any atom is -0.416 e. The molecule has 0 N–H and O–H groups in total. The molecule has 106 valence electrons. The number of carbonyl (C=O) groups excluding carboxylic acids is 1. The molecule has 0 radical (unpaired) electrons. The van der Waals surface area contributed by atoms with Gasteiger partial charge in [0, 0.05) is 0 Å². The van der Waals surface area contributed by atoms with E-state index in [4.69, 9.17) is 11.6 Å². The van der Waals surface area contributed by atoms with E-state index < -0.39 is 40.8 Å². The normalized spacial score (nSPS) is 10.7. The Morgan fingerprint density at radius 3 is 1.90 bits per heavy atom. The molecular formula is C11H2ClF5O2S. The van der Waals surface area contributed by atoms with E-state index in [1.165, 1.54) is 12.1 Å². The topological polar surface area (TPSA) is 26.3 Å². The monoisotopic (exact) mass is 328 g/mol. The zero-order valence-corrected chi connectivity index (χ0v) is 10.7. The highest BCUT2D eigenvalue weighted by Crippen LogP contribution is 2.30. The smallest absolute Gasteiger partial charge is 0.353 e. The zero-order valence-electron chi connectivity index (χ0n) is 9.15. The van der Waals surface area contributed by atoms with E-state index >= 15 is 0 Å². The van der Waals surface area contributed by atoms with Crippen LogP contribution >= 0.6 is 22.9 Å². The highest BCUT2D eigenvalue weighted by Gasteiger charge is 2.29. The minimum absolute atomic E-state index is 0.154. The lowest BCUT2D eigenvalue weighted by atomic mass is 10.2. The maximum atomic E-state index is 13.3. The Kier molecular flexibility index (Phi) is 3.96. The highest BCUT2D eigenvalue weighted by molar-refractivity contribution is 7.17. The summed E-state index contributed by atoms with van der Waals surface area (Å²) < 4.78 is 69.5. The molecule has 2 nitrogen and oxygen atoms in total. The van der Waals surface area contributed by atoms with Gasteiger partial charge in [-0.25, -0.2) is 18.0 Å². The summed E-state index contributed by atoms with van der Waals surface area (Å²) in [5.74, 6) is -14.1. The predicted molar refractivity (Wildman–Crippen MR) is 60.5 cm³/mol. The van der Waals surface area contributed by atoms with Crippen LogP contribution in [0.1, 0.15) is 9.67 Å². The average Bonchev–Trinajstić information content (AvgIpc) is 2.85. The van der Waals surface area contributed by atoms with Crippen molar-refractivity contribution in [3.8, 4) is 5.75 Å². The van der Waals surface area contributed by atoms with Crippen LogP contribution in [-0.2, 0) is 0 Å². The number of rotatable bonds is 2. The Labute approximate surface area is 117 Å². The second kappa shape index (κ2) is 5.37. The molecule has 0 saturated carbocycles. The first-order valence-electron chi connectivity index (χ1n) is 4.82. The van der Waals surface area contributed by atoms with Gasteiger partial charge < -0.3 is 4.74 Å². The Morgan fingerprint density at radius 1 is 0.950 bits per heavy atom. The second-order valence-electron chi connectivity index (χ2n) is 3.39. The van der Waals surface area contributed by atoms with Crippen molar-refractivity contribution in [3.05, 3.63) is 50.4 Å². The molecule has 2 rings (SSSR count). The summed E-state index contributed by atoms with van der Waals surface area (Å²) in [6, 6.07) is 2.49. The summed E-state index contributed by atoms with van der Waals surface area (Å²) in [5, 5.41) is 0. The van der Waals surface area contributed by atoms with Gasteiger partial charge in [0.1, 0.15) is 4.88 Å². The first-order valence-corrected chi connectivity index (χ1v) is 6.01. The van der Waals surface area contributed by atoms with Crippen LogP contribution in [0.2, 0.25) is 4.34 Å². The van der Waals surface area contributed by atoms with Crippen LogP contribution in [0.15, 0.2) is 12.1 Å². The molecule has 0 saturated heterocycles. The van der Waals surface area contributed by atoms with Crippen LogP contribution in [0.4, 0.5) is 22.0 Å². The fourth-order valence-corrected chi connectivity index (χ4v) is 2.16. The summed E-state index contributed by atoms with van der Waals surface area (Å²) in [6.45, 7) is 0. The molecule has 1 heterocycles. The van der Waals surface area contributed by atoms with E-state index in [1.807, 2.05) is 0 Å². The molecule has 1 aromatic heterocycles. The molecule has 0 aliphatic carbocycles. The van der Waals surface area contributed by atoms with Crippen molar-refractivity contribution >= 4 is 28.9 Å². The Hall–Kier alpha value is -1.67. The minimum atomic E-state index is -2.33. The molecule has 0 amide bonds. The van der Waals surface area contributed by atoms with Gasteiger partial charge in [0.25, 0.3) is 0 Å². The van der Waals surface area contributed by atoms with Crippen molar-refractivity contribution in [2.24, 2.45) is 0 Å². The molecule has 0 fully saturated rings. The number of halogens is 6. The molecule has 0 aliphatic heterocycles. The van der Waals surface area contributed by atoms with Gasteiger partial charge >= 0.3 is 5.97 Å². The molecule has 0 bridgehead atoms. The molecule has 2 aromatic rings. The van der Waals surface area contributed by atoms with E-state index in [-0.39, 0.29) is 9.21 Å². The van der Waals surface area contributed by atoms with Crippen molar-refractivity contribution in [2.75, 3.05) is 0 Å². The quantitative estimate of drug-likeness (QED) is 0.270. The largest absolute Gasteiger partial charge is 0.416 e. The summed E-state index contributed by atoms with van der Waals surface area (Å²) in [5.41, 5.74) is 0. The number of esters is 1. The second-order valence-corrected chi connectivity index (χ2v) is 5.11. The Balaban J connectivity index is 2.42. The lowest BCUT2D eigenvalue weighted by molar-refractivity contribution is 0.0721. The molecule has 20 heavy (non-hydrogen) atoms. The first kappa shape index (κ1) is 14.7. The molecule has 0 aliphatic rings. The maximum absolute atomic E-state index is 13.3. The number of carbonyl (C=O) groups is 1. The third-order valence-corrected chi connectivity index (χ3v) is 3.35. The van der Waals surface area contributed by atoms with Gasteiger partial charge in [0.15, 0.2) is 0 Å². The van der Waals surface area contributed by atoms with Gasteiger partial charge in [-0.15, -0.1) is 11.3 Å². The molecule has 9 heteroatoms. The fraction of sp³-hybridized carbons (Fsp3) is 0. The van der Waals surface area contributed by atoms with E-state index in [0.717, 1.165) is 11.3 Å². The number of thiophene rings is 1. The third kappa shape index (κ3) is 2.48. The number of ether oxygens (including phenoxy) is 1. The summed E-state index contributed by atoms with van der Waals surface area (Å²) in [4.78, 5) is 11.3. The molecule has 0 atom stereocenters. The van der Waals surface area contributed by atoms with Gasteiger partial charge in [0.05, 0.1) is 4.34 Å². The van der Waals surface area contributed by atoms with Crippen LogP contribution in [0.25, 0.3) is 0 Å². The highest BCUT2D eigenvalue weighted by atomic mass is 35.5. The third-order valence-electron chi connectivity index (χ3n) is 2.14. The fourth-order valence-electron chi connectivity index (χ4n) is 1.24. The van der Waals surface area contributed by atoms with Crippen LogP contribution < -0.4 is 4.74 Å². The van der Waals surface area contributed by atoms with Crippen molar-refractivity contribution in [1.29, 1.82) is 0 Å². The van der Waals surface area contributed by atoms with Crippen LogP contribution in [0, 0.1) is 29.1 Å². The zero-order chi connectivity index (χ0) is 15.0. The van der Waals surface area contributed by atoms with Crippen molar-refractivity contribution in [2.45, 2.75) is 0 Å². The standard InChI is InChI=1S/C11H2ClF5O2S/c12-4-2-1-3(20-4)11(18)19-10-8(16)6(14)5(13)7(15)9(10)17/h1-2H. The molecular weight excluding hydrogens is 327 g/mol.